The van der Waals surface area contributed by atoms with Crippen molar-refractivity contribution in [3.05, 3.63) is 0 Å². The van der Waals surface area contributed by atoms with Gasteiger partial charge in [-0.3, -0.25) is 9.05 Å². The van der Waals surface area contributed by atoms with Gasteiger partial charge in [-0.2, -0.15) is 0 Å². The van der Waals surface area contributed by atoms with E-state index in [4.69, 9.17) is 18.6 Å². The fraction of sp³-hybridized carbons (Fsp3) is 1.00. The zero-order valence-electron chi connectivity index (χ0n) is 17.7. The van der Waals surface area contributed by atoms with Gasteiger partial charge >= 0.3 is 7.82 Å². The van der Waals surface area contributed by atoms with Crippen molar-refractivity contribution in [1.29, 1.82) is 0 Å². The Morgan fingerprint density at radius 3 is 1.77 bits per heavy atom. The van der Waals surface area contributed by atoms with Crippen molar-refractivity contribution in [2.75, 3.05) is 13.7 Å². The van der Waals surface area contributed by atoms with Gasteiger partial charge in [0.05, 0.1) is 12.7 Å². The van der Waals surface area contributed by atoms with Crippen LogP contribution in [0.4, 0.5) is 0 Å². The molecular weight excluding hydrogens is 351 g/mol. The first kappa shape index (κ1) is 26.1. The molecule has 0 aromatic carbocycles. The quantitative estimate of drug-likeness (QED) is 0.0921. The minimum Gasteiger partial charge on any atom is -0.289 e. The number of rotatable bonds is 20. The van der Waals surface area contributed by atoms with E-state index in [9.17, 15) is 4.57 Å². The fourth-order valence-corrected chi connectivity index (χ4v) is 3.62. The maximum atomic E-state index is 12.1. The van der Waals surface area contributed by atoms with E-state index in [-0.39, 0.29) is 6.10 Å². The standard InChI is InChI=1S/C20H43O5P/c1-5-8-9-10-11-12-13-14-15-16-17-18-20(7-3)24-25-26(21,22-4)23-19-6-2/h20H,5-19H2,1-4H3. The molecule has 5 nitrogen and oxygen atoms in total. The monoisotopic (exact) mass is 394 g/mol. The maximum Gasteiger partial charge on any atom is 0.501 e. The molecule has 0 aromatic rings. The van der Waals surface area contributed by atoms with Gasteiger partial charge in [-0.05, 0) is 19.3 Å². The molecule has 0 aliphatic carbocycles. The molecule has 0 radical (unpaired) electrons. The van der Waals surface area contributed by atoms with Gasteiger partial charge in [-0.1, -0.05) is 91.4 Å². The largest absolute Gasteiger partial charge is 0.501 e. The van der Waals surface area contributed by atoms with Crippen LogP contribution in [0, 0.1) is 0 Å². The maximum absolute atomic E-state index is 12.1. The lowest BCUT2D eigenvalue weighted by molar-refractivity contribution is -0.262. The van der Waals surface area contributed by atoms with Crippen LogP contribution in [0.25, 0.3) is 0 Å². The molecule has 0 rings (SSSR count). The first-order valence-corrected chi connectivity index (χ1v) is 12.2. The summed E-state index contributed by atoms with van der Waals surface area (Å²) in [5.74, 6) is 0. The van der Waals surface area contributed by atoms with E-state index in [1.165, 1.54) is 71.3 Å². The predicted molar refractivity (Wildman–Crippen MR) is 108 cm³/mol. The molecule has 26 heavy (non-hydrogen) atoms. The van der Waals surface area contributed by atoms with Crippen molar-refractivity contribution in [3.63, 3.8) is 0 Å². The first-order valence-electron chi connectivity index (χ1n) is 10.8. The average molecular weight is 395 g/mol. The normalized spacial score (nSPS) is 15.1. The molecule has 0 saturated heterocycles. The molecule has 0 fully saturated rings. The van der Waals surface area contributed by atoms with Crippen LogP contribution in [0.15, 0.2) is 0 Å². The zero-order chi connectivity index (χ0) is 19.5. The van der Waals surface area contributed by atoms with Gasteiger partial charge in [-0.25, -0.2) is 9.45 Å². The minimum atomic E-state index is -3.57. The molecule has 0 amide bonds. The van der Waals surface area contributed by atoms with Gasteiger partial charge in [0.2, 0.25) is 0 Å². The SMILES string of the molecule is CCCCCCCCCCCCCC(CC)OOP(=O)(OC)OCCC. The summed E-state index contributed by atoms with van der Waals surface area (Å²) in [6.45, 7) is 6.56. The van der Waals surface area contributed by atoms with Gasteiger partial charge in [0, 0.05) is 7.11 Å². The first-order chi connectivity index (χ1) is 12.6. The van der Waals surface area contributed by atoms with E-state index < -0.39 is 7.82 Å². The summed E-state index contributed by atoms with van der Waals surface area (Å²) in [6, 6.07) is 0. The van der Waals surface area contributed by atoms with Crippen molar-refractivity contribution in [2.24, 2.45) is 0 Å². The highest BCUT2D eigenvalue weighted by atomic mass is 31.2. The number of phosphoric ester groups is 1. The zero-order valence-corrected chi connectivity index (χ0v) is 18.6. The van der Waals surface area contributed by atoms with Crippen LogP contribution in [-0.2, 0) is 23.2 Å². The molecule has 2 atom stereocenters. The Morgan fingerprint density at radius 2 is 1.31 bits per heavy atom. The van der Waals surface area contributed by atoms with Crippen molar-refractivity contribution in [2.45, 2.75) is 117 Å². The molecule has 2 unspecified atom stereocenters. The van der Waals surface area contributed by atoms with Gasteiger partial charge in [0.25, 0.3) is 0 Å². The van der Waals surface area contributed by atoms with Crippen LogP contribution in [0.1, 0.15) is 111 Å². The number of phosphoric acid groups is 1. The van der Waals surface area contributed by atoms with Gasteiger partial charge in [0.1, 0.15) is 0 Å². The topological polar surface area (TPSA) is 54.0 Å². The second-order valence-corrected chi connectivity index (χ2v) is 8.66. The van der Waals surface area contributed by atoms with Crippen molar-refractivity contribution >= 4 is 7.82 Å². The molecule has 0 bridgehead atoms. The molecule has 6 heteroatoms. The molecular formula is C20H43O5P. The lowest BCUT2D eigenvalue weighted by Crippen LogP contribution is -2.12. The highest BCUT2D eigenvalue weighted by Crippen LogP contribution is 2.49. The number of unbranched alkanes of at least 4 members (excludes halogenated alkanes) is 10. The Kier molecular flexibility index (Phi) is 18.5. The molecule has 158 valence electrons. The third-order valence-electron chi connectivity index (χ3n) is 4.53. The highest BCUT2D eigenvalue weighted by molar-refractivity contribution is 7.48. The van der Waals surface area contributed by atoms with Crippen LogP contribution < -0.4 is 0 Å². The third-order valence-corrected chi connectivity index (χ3v) is 5.75. The average Bonchev–Trinajstić information content (AvgIpc) is 2.66. The van der Waals surface area contributed by atoms with Crippen LogP contribution >= 0.6 is 7.82 Å². The third kappa shape index (κ3) is 15.2. The Bertz CT molecular complexity index is 338. The Labute approximate surface area is 162 Å². The summed E-state index contributed by atoms with van der Waals surface area (Å²) in [5, 5.41) is 0. The molecule has 0 heterocycles. The number of hydrogen-bond acceptors (Lipinski definition) is 5. The molecule has 0 saturated carbocycles. The molecule has 0 spiro atoms. The Balaban J connectivity index is 3.65. The highest BCUT2D eigenvalue weighted by Gasteiger charge is 2.27. The van der Waals surface area contributed by atoms with Crippen LogP contribution in [0.2, 0.25) is 0 Å². The lowest BCUT2D eigenvalue weighted by atomic mass is 10.0. The van der Waals surface area contributed by atoms with E-state index >= 15 is 0 Å². The second-order valence-electron chi connectivity index (χ2n) is 6.99. The lowest BCUT2D eigenvalue weighted by Gasteiger charge is -2.19. The summed E-state index contributed by atoms with van der Waals surface area (Å²) in [5.41, 5.74) is 0. The molecule has 0 aliphatic rings. The van der Waals surface area contributed by atoms with Gasteiger partial charge in [-0.15, -0.1) is 4.67 Å². The second kappa shape index (κ2) is 18.4. The Morgan fingerprint density at radius 1 is 0.769 bits per heavy atom. The Hall–Kier alpha value is 0.0700. The minimum absolute atomic E-state index is 0.0673. The fourth-order valence-electron chi connectivity index (χ4n) is 2.78. The van der Waals surface area contributed by atoms with E-state index in [0.29, 0.717) is 6.61 Å². The molecule has 0 N–H and O–H groups in total. The van der Waals surface area contributed by atoms with E-state index in [2.05, 4.69) is 6.92 Å². The van der Waals surface area contributed by atoms with Crippen LogP contribution in [-0.4, -0.2) is 19.8 Å². The predicted octanol–water partition coefficient (Wildman–Crippen LogP) is 7.60. The van der Waals surface area contributed by atoms with Crippen molar-refractivity contribution < 1.29 is 23.2 Å². The molecule has 0 aliphatic heterocycles. The van der Waals surface area contributed by atoms with Crippen molar-refractivity contribution in [3.8, 4) is 0 Å². The summed E-state index contributed by atoms with van der Waals surface area (Å²) in [7, 11) is -2.26. The molecule has 0 aromatic heterocycles. The van der Waals surface area contributed by atoms with E-state index in [1.54, 1.807) is 0 Å². The van der Waals surface area contributed by atoms with Gasteiger partial charge < -0.3 is 0 Å². The van der Waals surface area contributed by atoms with E-state index in [0.717, 1.165) is 25.7 Å². The summed E-state index contributed by atoms with van der Waals surface area (Å²) in [6.07, 6.45) is 16.9. The summed E-state index contributed by atoms with van der Waals surface area (Å²) in [4.78, 5) is 5.32. The van der Waals surface area contributed by atoms with Gasteiger partial charge in [0.15, 0.2) is 0 Å². The van der Waals surface area contributed by atoms with Crippen LogP contribution in [0.3, 0.4) is 0 Å². The van der Waals surface area contributed by atoms with E-state index in [1.807, 2.05) is 13.8 Å². The summed E-state index contributed by atoms with van der Waals surface area (Å²) >= 11 is 0. The summed E-state index contributed by atoms with van der Waals surface area (Å²) < 4.78 is 27.1. The van der Waals surface area contributed by atoms with Crippen LogP contribution in [0.5, 0.6) is 0 Å². The number of hydrogen-bond donors (Lipinski definition) is 0. The smallest absolute Gasteiger partial charge is 0.289 e. The van der Waals surface area contributed by atoms with Crippen molar-refractivity contribution in [1.82, 2.24) is 0 Å².